The summed E-state index contributed by atoms with van der Waals surface area (Å²) in [5.41, 5.74) is 4.51. The Labute approximate surface area is 188 Å². The van der Waals surface area contributed by atoms with Crippen LogP contribution in [0.5, 0.6) is 0 Å². The van der Waals surface area contributed by atoms with Crippen LogP contribution in [0.2, 0.25) is 0 Å². The van der Waals surface area contributed by atoms with Crippen molar-refractivity contribution in [2.75, 3.05) is 39.4 Å². The van der Waals surface area contributed by atoms with Crippen molar-refractivity contribution in [3.8, 4) is 0 Å². The van der Waals surface area contributed by atoms with Crippen LogP contribution >= 0.6 is 0 Å². The van der Waals surface area contributed by atoms with Gasteiger partial charge in [-0.3, -0.25) is 4.90 Å². The lowest BCUT2D eigenvalue weighted by Crippen LogP contribution is -2.38. The van der Waals surface area contributed by atoms with Crippen molar-refractivity contribution < 1.29 is 9.13 Å². The van der Waals surface area contributed by atoms with Gasteiger partial charge in [-0.1, -0.05) is 24.3 Å². The highest BCUT2D eigenvalue weighted by atomic mass is 19.1. The second-order valence-corrected chi connectivity index (χ2v) is 8.08. The standard InChI is InChI=1S/C25H32FN5O/c1-2-27-25(28-9-8-21-17-29-24-15-22(26)6-7-23(21)24)30-16-19-4-3-5-20(14-19)18-31-10-12-32-13-11-31/h3-7,14-15,17,29H,2,8-13,16,18H2,1H3,(H2,27,28,30). The number of aromatic amines is 1. The Bertz CT molecular complexity index is 1040. The number of hydrogen-bond donors (Lipinski definition) is 3. The summed E-state index contributed by atoms with van der Waals surface area (Å²) in [6.45, 7) is 8.79. The largest absolute Gasteiger partial charge is 0.379 e. The molecule has 1 saturated heterocycles. The molecule has 3 N–H and O–H groups in total. The van der Waals surface area contributed by atoms with Gasteiger partial charge >= 0.3 is 0 Å². The molecule has 1 aromatic heterocycles. The predicted octanol–water partition coefficient (Wildman–Crippen LogP) is 3.44. The molecule has 0 unspecified atom stereocenters. The monoisotopic (exact) mass is 437 g/mol. The van der Waals surface area contributed by atoms with E-state index in [0.29, 0.717) is 6.54 Å². The highest BCUT2D eigenvalue weighted by Crippen LogP contribution is 2.19. The highest BCUT2D eigenvalue weighted by molar-refractivity contribution is 5.83. The molecular weight excluding hydrogens is 405 g/mol. The number of H-pyrrole nitrogens is 1. The van der Waals surface area contributed by atoms with Crippen molar-refractivity contribution in [2.24, 2.45) is 4.99 Å². The molecule has 1 aliphatic rings. The first-order valence-corrected chi connectivity index (χ1v) is 11.4. The van der Waals surface area contributed by atoms with Gasteiger partial charge in [-0.2, -0.15) is 0 Å². The summed E-state index contributed by atoms with van der Waals surface area (Å²) in [4.78, 5) is 10.3. The zero-order chi connectivity index (χ0) is 22.2. The molecular formula is C25H32FN5O. The van der Waals surface area contributed by atoms with Crippen molar-refractivity contribution in [3.05, 3.63) is 71.2 Å². The average molecular weight is 438 g/mol. The minimum Gasteiger partial charge on any atom is -0.379 e. The van der Waals surface area contributed by atoms with Crippen molar-refractivity contribution in [3.63, 3.8) is 0 Å². The van der Waals surface area contributed by atoms with Crippen molar-refractivity contribution in [2.45, 2.75) is 26.4 Å². The van der Waals surface area contributed by atoms with E-state index in [1.54, 1.807) is 0 Å². The molecule has 0 atom stereocenters. The van der Waals surface area contributed by atoms with Gasteiger partial charge < -0.3 is 20.4 Å². The molecule has 6 nitrogen and oxygen atoms in total. The Balaban J connectivity index is 1.33. The molecule has 2 aromatic carbocycles. The molecule has 0 saturated carbocycles. The number of aromatic nitrogens is 1. The van der Waals surface area contributed by atoms with E-state index in [9.17, 15) is 4.39 Å². The van der Waals surface area contributed by atoms with E-state index < -0.39 is 0 Å². The van der Waals surface area contributed by atoms with E-state index in [0.717, 1.165) is 69.2 Å². The first-order chi connectivity index (χ1) is 15.7. The Kier molecular flexibility index (Phi) is 7.74. The van der Waals surface area contributed by atoms with Crippen LogP contribution in [0.1, 0.15) is 23.6 Å². The lowest BCUT2D eigenvalue weighted by Gasteiger charge is -2.26. The molecule has 170 valence electrons. The molecule has 7 heteroatoms. The fraction of sp³-hybridized carbons (Fsp3) is 0.400. The molecule has 4 rings (SSSR count). The first-order valence-electron chi connectivity index (χ1n) is 11.4. The fourth-order valence-electron chi connectivity index (χ4n) is 4.04. The summed E-state index contributed by atoms with van der Waals surface area (Å²) in [6.07, 6.45) is 2.78. The first kappa shape index (κ1) is 22.3. The fourth-order valence-corrected chi connectivity index (χ4v) is 4.04. The van der Waals surface area contributed by atoms with E-state index >= 15 is 0 Å². The molecule has 3 aromatic rings. The van der Waals surface area contributed by atoms with Gasteiger partial charge in [0.05, 0.1) is 19.8 Å². The second kappa shape index (κ2) is 11.1. The minimum absolute atomic E-state index is 0.223. The van der Waals surface area contributed by atoms with Crippen LogP contribution < -0.4 is 10.6 Å². The lowest BCUT2D eigenvalue weighted by molar-refractivity contribution is 0.0342. The van der Waals surface area contributed by atoms with Crippen LogP contribution in [0.15, 0.2) is 53.7 Å². The molecule has 0 radical (unpaired) electrons. The molecule has 0 aliphatic carbocycles. The van der Waals surface area contributed by atoms with Gasteiger partial charge in [0.2, 0.25) is 0 Å². The number of halogens is 1. The van der Waals surface area contributed by atoms with Gasteiger partial charge in [-0.15, -0.1) is 0 Å². The molecule has 2 heterocycles. The Morgan fingerprint density at radius 3 is 2.81 bits per heavy atom. The number of nitrogens with zero attached hydrogens (tertiary/aromatic N) is 2. The van der Waals surface area contributed by atoms with Crippen molar-refractivity contribution >= 4 is 16.9 Å². The molecule has 1 aliphatic heterocycles. The van der Waals surface area contributed by atoms with Gasteiger partial charge in [0.25, 0.3) is 0 Å². The van der Waals surface area contributed by atoms with Crippen LogP contribution in [-0.2, 0) is 24.2 Å². The molecule has 0 spiro atoms. The molecule has 0 amide bonds. The molecule has 0 bridgehead atoms. The number of aliphatic imine (C=N–C) groups is 1. The summed E-state index contributed by atoms with van der Waals surface area (Å²) in [7, 11) is 0. The van der Waals surface area contributed by atoms with Gasteiger partial charge in [0.15, 0.2) is 5.96 Å². The number of benzene rings is 2. The maximum atomic E-state index is 13.4. The normalized spacial score (nSPS) is 15.2. The number of morpholine rings is 1. The van der Waals surface area contributed by atoms with Crippen LogP contribution in [0.3, 0.4) is 0 Å². The summed E-state index contributed by atoms with van der Waals surface area (Å²) in [5, 5.41) is 7.79. The molecule has 32 heavy (non-hydrogen) atoms. The molecule has 1 fully saturated rings. The quantitative estimate of drug-likeness (QED) is 0.373. The zero-order valence-corrected chi connectivity index (χ0v) is 18.7. The van der Waals surface area contributed by atoms with E-state index in [4.69, 9.17) is 9.73 Å². The smallest absolute Gasteiger partial charge is 0.191 e. The zero-order valence-electron chi connectivity index (χ0n) is 18.7. The van der Waals surface area contributed by atoms with Gasteiger partial charge in [-0.05, 0) is 48.2 Å². The number of fused-ring (bicyclic) bond motifs is 1. The summed E-state index contributed by atoms with van der Waals surface area (Å²) >= 11 is 0. The lowest BCUT2D eigenvalue weighted by atomic mass is 10.1. The Hall–Kier alpha value is -2.90. The second-order valence-electron chi connectivity index (χ2n) is 8.08. The Morgan fingerprint density at radius 2 is 1.97 bits per heavy atom. The minimum atomic E-state index is -0.223. The van der Waals surface area contributed by atoms with E-state index in [1.807, 2.05) is 12.3 Å². The number of guanidine groups is 1. The van der Waals surface area contributed by atoms with Gasteiger partial charge in [-0.25, -0.2) is 9.38 Å². The van der Waals surface area contributed by atoms with Crippen LogP contribution in [0, 0.1) is 5.82 Å². The number of ether oxygens (including phenoxy) is 1. The number of nitrogens with one attached hydrogen (secondary N) is 3. The van der Waals surface area contributed by atoms with E-state index in [-0.39, 0.29) is 5.82 Å². The number of rotatable bonds is 8. The third-order valence-electron chi connectivity index (χ3n) is 5.68. The third-order valence-corrected chi connectivity index (χ3v) is 5.68. The van der Waals surface area contributed by atoms with Crippen molar-refractivity contribution in [1.29, 1.82) is 0 Å². The predicted molar refractivity (Wildman–Crippen MR) is 127 cm³/mol. The van der Waals surface area contributed by atoms with Crippen LogP contribution in [0.4, 0.5) is 4.39 Å². The maximum Gasteiger partial charge on any atom is 0.191 e. The highest BCUT2D eigenvalue weighted by Gasteiger charge is 2.11. The van der Waals surface area contributed by atoms with E-state index in [1.165, 1.54) is 28.8 Å². The SMILES string of the molecule is CCNC(=NCc1cccc(CN2CCOCC2)c1)NCCc1c[nH]c2cc(F)ccc12. The van der Waals surface area contributed by atoms with E-state index in [2.05, 4.69) is 51.7 Å². The summed E-state index contributed by atoms with van der Waals surface area (Å²) in [5.74, 6) is 0.580. The van der Waals surface area contributed by atoms with Crippen LogP contribution in [0.25, 0.3) is 10.9 Å². The maximum absolute atomic E-state index is 13.4. The van der Waals surface area contributed by atoms with Gasteiger partial charge in [0, 0.05) is 49.8 Å². The van der Waals surface area contributed by atoms with Gasteiger partial charge in [0.1, 0.15) is 5.82 Å². The van der Waals surface area contributed by atoms with Crippen LogP contribution in [-0.4, -0.2) is 55.2 Å². The number of hydrogen-bond acceptors (Lipinski definition) is 3. The summed E-state index contributed by atoms with van der Waals surface area (Å²) in [6, 6.07) is 13.5. The third kappa shape index (κ3) is 6.08. The topological polar surface area (TPSA) is 64.7 Å². The average Bonchev–Trinajstić information content (AvgIpc) is 3.20. The Morgan fingerprint density at radius 1 is 1.12 bits per heavy atom. The van der Waals surface area contributed by atoms with Crippen molar-refractivity contribution in [1.82, 2.24) is 20.5 Å². The summed E-state index contributed by atoms with van der Waals surface area (Å²) < 4.78 is 18.8.